The topological polar surface area (TPSA) is 66.8 Å². The lowest BCUT2D eigenvalue weighted by Crippen LogP contribution is -2.34. The van der Waals surface area contributed by atoms with Crippen LogP contribution in [-0.4, -0.2) is 34.5 Å². The zero-order chi connectivity index (χ0) is 9.30. The van der Waals surface area contributed by atoms with Gasteiger partial charge in [0, 0.05) is 0 Å². The zero-order valence-corrected chi connectivity index (χ0v) is 6.80. The van der Waals surface area contributed by atoms with Gasteiger partial charge in [0.15, 0.2) is 6.10 Å². The number of aliphatic hydroxyl groups is 2. The third-order valence-corrected chi connectivity index (χ3v) is 2.05. The molecule has 0 aromatic carbocycles. The number of cyclic esters (lactones) is 1. The van der Waals surface area contributed by atoms with Crippen LogP contribution in [0.1, 0.15) is 6.92 Å². The van der Waals surface area contributed by atoms with E-state index < -0.39 is 30.2 Å². The van der Waals surface area contributed by atoms with E-state index in [0.717, 1.165) is 0 Å². The number of rotatable bonds is 2. The Bertz CT molecular complexity index is 201. The van der Waals surface area contributed by atoms with Gasteiger partial charge in [-0.3, -0.25) is 4.79 Å². The van der Waals surface area contributed by atoms with Crippen LogP contribution in [0.15, 0.2) is 12.7 Å². The summed E-state index contributed by atoms with van der Waals surface area (Å²) in [4.78, 5) is 10.9. The fraction of sp³-hybridized carbons (Fsp3) is 0.625. The molecule has 4 atom stereocenters. The van der Waals surface area contributed by atoms with Crippen molar-refractivity contribution in [3.63, 3.8) is 0 Å². The minimum Gasteiger partial charge on any atom is -0.456 e. The molecule has 0 spiro atoms. The Labute approximate surface area is 70.5 Å². The van der Waals surface area contributed by atoms with Gasteiger partial charge in [-0.15, -0.1) is 6.58 Å². The van der Waals surface area contributed by atoms with Crippen molar-refractivity contribution in [1.29, 1.82) is 0 Å². The molecule has 1 rings (SSSR count). The summed E-state index contributed by atoms with van der Waals surface area (Å²) in [6, 6.07) is 0. The molecular formula is C8H12O4. The second-order valence-electron chi connectivity index (χ2n) is 2.91. The maximum atomic E-state index is 10.9. The smallest absolute Gasteiger partial charge is 0.311 e. The molecule has 4 heteroatoms. The number of hydrogen-bond donors (Lipinski definition) is 2. The number of ether oxygens (including phenoxy) is 1. The zero-order valence-electron chi connectivity index (χ0n) is 6.80. The second-order valence-corrected chi connectivity index (χ2v) is 2.91. The van der Waals surface area contributed by atoms with E-state index in [1.807, 2.05) is 0 Å². The molecule has 0 aromatic rings. The van der Waals surface area contributed by atoms with Gasteiger partial charge < -0.3 is 14.9 Å². The highest BCUT2D eigenvalue weighted by Gasteiger charge is 2.43. The summed E-state index contributed by atoms with van der Waals surface area (Å²) in [6.45, 7) is 4.90. The first-order valence-electron chi connectivity index (χ1n) is 3.77. The van der Waals surface area contributed by atoms with E-state index in [1.165, 1.54) is 6.08 Å². The summed E-state index contributed by atoms with van der Waals surface area (Å²) < 4.78 is 4.73. The summed E-state index contributed by atoms with van der Waals surface area (Å²) in [5.74, 6) is -1.04. The third-order valence-electron chi connectivity index (χ3n) is 2.05. The molecule has 12 heavy (non-hydrogen) atoms. The average molecular weight is 172 g/mol. The highest BCUT2D eigenvalue weighted by molar-refractivity contribution is 5.75. The molecule has 1 aliphatic rings. The minimum absolute atomic E-state index is 0.478. The van der Waals surface area contributed by atoms with E-state index in [0.29, 0.717) is 0 Å². The van der Waals surface area contributed by atoms with Crippen LogP contribution >= 0.6 is 0 Å². The molecule has 1 heterocycles. The quantitative estimate of drug-likeness (QED) is 0.433. The van der Waals surface area contributed by atoms with Crippen molar-refractivity contribution >= 4 is 5.97 Å². The Balaban J connectivity index is 2.70. The maximum absolute atomic E-state index is 10.9. The molecule has 0 amide bonds. The number of aliphatic hydroxyl groups excluding tert-OH is 2. The van der Waals surface area contributed by atoms with Gasteiger partial charge in [-0.25, -0.2) is 0 Å². The Hall–Kier alpha value is -0.870. The molecule has 1 fully saturated rings. The van der Waals surface area contributed by atoms with Crippen LogP contribution in [0.2, 0.25) is 0 Å². The molecule has 2 N–H and O–H groups in total. The molecule has 1 saturated heterocycles. The molecule has 0 aromatic heterocycles. The molecule has 4 nitrogen and oxygen atoms in total. The molecule has 1 aliphatic heterocycles. The van der Waals surface area contributed by atoms with Crippen LogP contribution in [0.3, 0.4) is 0 Å². The van der Waals surface area contributed by atoms with Crippen LogP contribution in [0.25, 0.3) is 0 Å². The predicted molar refractivity (Wildman–Crippen MR) is 41.3 cm³/mol. The molecule has 0 saturated carbocycles. The maximum Gasteiger partial charge on any atom is 0.311 e. The summed E-state index contributed by atoms with van der Waals surface area (Å²) in [5.41, 5.74) is 0. The van der Waals surface area contributed by atoms with Crippen molar-refractivity contribution in [2.75, 3.05) is 0 Å². The molecular weight excluding hydrogens is 160 g/mol. The Morgan fingerprint density at radius 2 is 2.33 bits per heavy atom. The van der Waals surface area contributed by atoms with Crippen molar-refractivity contribution in [3.8, 4) is 0 Å². The van der Waals surface area contributed by atoms with E-state index in [2.05, 4.69) is 6.58 Å². The lowest BCUT2D eigenvalue weighted by atomic mass is 10.0. The fourth-order valence-electron chi connectivity index (χ4n) is 1.14. The molecule has 68 valence electrons. The number of esters is 1. The van der Waals surface area contributed by atoms with E-state index in [-0.39, 0.29) is 0 Å². The van der Waals surface area contributed by atoms with Crippen LogP contribution in [0.5, 0.6) is 0 Å². The standard InChI is InChI=1S/C8H12O4/c1-3-5(9)7-6(10)4(2)8(11)12-7/h3-7,9-10H,1H2,2H3/t4-,5-,6+,7+/m1/s1. The van der Waals surface area contributed by atoms with Gasteiger partial charge >= 0.3 is 5.97 Å². The highest BCUT2D eigenvalue weighted by atomic mass is 16.6. The van der Waals surface area contributed by atoms with Crippen molar-refractivity contribution in [3.05, 3.63) is 12.7 Å². The minimum atomic E-state index is -0.992. The molecule has 0 radical (unpaired) electrons. The first-order chi connectivity index (χ1) is 5.57. The van der Waals surface area contributed by atoms with Gasteiger partial charge in [-0.2, -0.15) is 0 Å². The van der Waals surface area contributed by atoms with Crippen LogP contribution in [0, 0.1) is 5.92 Å². The Kier molecular flexibility index (Phi) is 2.49. The lowest BCUT2D eigenvalue weighted by Gasteiger charge is -2.16. The van der Waals surface area contributed by atoms with Gasteiger partial charge in [0.25, 0.3) is 0 Å². The van der Waals surface area contributed by atoms with E-state index in [9.17, 15) is 15.0 Å². The molecule has 0 unspecified atom stereocenters. The van der Waals surface area contributed by atoms with Crippen LogP contribution < -0.4 is 0 Å². The molecule has 0 aliphatic carbocycles. The van der Waals surface area contributed by atoms with Gasteiger partial charge in [0.05, 0.1) is 5.92 Å². The lowest BCUT2D eigenvalue weighted by molar-refractivity contribution is -0.146. The molecule has 0 bridgehead atoms. The van der Waals surface area contributed by atoms with Gasteiger partial charge in [-0.05, 0) is 6.92 Å². The van der Waals surface area contributed by atoms with Crippen molar-refractivity contribution in [2.45, 2.75) is 25.2 Å². The van der Waals surface area contributed by atoms with E-state index >= 15 is 0 Å². The highest BCUT2D eigenvalue weighted by Crippen LogP contribution is 2.23. The third kappa shape index (κ3) is 1.35. The Morgan fingerprint density at radius 3 is 2.67 bits per heavy atom. The van der Waals surface area contributed by atoms with Gasteiger partial charge in [0.2, 0.25) is 0 Å². The summed E-state index contributed by atoms with van der Waals surface area (Å²) in [7, 11) is 0. The Morgan fingerprint density at radius 1 is 1.75 bits per heavy atom. The van der Waals surface area contributed by atoms with E-state index in [1.54, 1.807) is 6.92 Å². The predicted octanol–water partition coefficient (Wildman–Crippen LogP) is -0.544. The first kappa shape index (κ1) is 9.22. The number of carbonyl (C=O) groups excluding carboxylic acids is 1. The summed E-state index contributed by atoms with van der Waals surface area (Å²) in [5, 5.41) is 18.6. The van der Waals surface area contributed by atoms with Gasteiger partial charge in [0.1, 0.15) is 12.2 Å². The van der Waals surface area contributed by atoms with Crippen molar-refractivity contribution in [2.24, 2.45) is 5.92 Å². The normalized spacial score (nSPS) is 37.6. The SMILES string of the molecule is C=C[C@@H](O)[C@@H]1OC(=O)[C@H](C)[C@@H]1O. The average Bonchev–Trinajstić information content (AvgIpc) is 2.32. The van der Waals surface area contributed by atoms with Crippen molar-refractivity contribution in [1.82, 2.24) is 0 Å². The summed E-state index contributed by atoms with van der Waals surface area (Å²) >= 11 is 0. The van der Waals surface area contributed by atoms with Crippen LogP contribution in [0.4, 0.5) is 0 Å². The second kappa shape index (κ2) is 3.25. The first-order valence-corrected chi connectivity index (χ1v) is 3.77. The summed E-state index contributed by atoms with van der Waals surface area (Å²) in [6.07, 6.45) is -1.55. The van der Waals surface area contributed by atoms with Gasteiger partial charge in [-0.1, -0.05) is 6.08 Å². The van der Waals surface area contributed by atoms with Crippen LogP contribution in [-0.2, 0) is 9.53 Å². The number of carbonyl (C=O) groups is 1. The fourth-order valence-corrected chi connectivity index (χ4v) is 1.14. The van der Waals surface area contributed by atoms with Crippen molar-refractivity contribution < 1.29 is 19.7 Å². The number of hydrogen-bond acceptors (Lipinski definition) is 4. The monoisotopic (exact) mass is 172 g/mol. The van der Waals surface area contributed by atoms with E-state index in [4.69, 9.17) is 4.74 Å². The largest absolute Gasteiger partial charge is 0.456 e.